The van der Waals surface area contributed by atoms with Gasteiger partial charge in [0.2, 0.25) is 11.8 Å². The maximum absolute atomic E-state index is 12.2. The molecule has 0 spiro atoms. The molecule has 0 aliphatic carbocycles. The van der Waals surface area contributed by atoms with E-state index in [1.54, 1.807) is 4.90 Å². The smallest absolute Gasteiger partial charge is 0.226 e. The van der Waals surface area contributed by atoms with Crippen molar-refractivity contribution in [3.05, 3.63) is 65.2 Å². The van der Waals surface area contributed by atoms with Crippen LogP contribution < -0.4 is 5.32 Å². The van der Waals surface area contributed by atoms with E-state index in [1.165, 1.54) is 6.92 Å². The van der Waals surface area contributed by atoms with Gasteiger partial charge in [-0.3, -0.25) is 9.59 Å². The van der Waals surface area contributed by atoms with Crippen molar-refractivity contribution in [2.45, 2.75) is 33.7 Å². The Morgan fingerprint density at radius 1 is 1.04 bits per heavy atom. The Labute approximate surface area is 143 Å². The Balaban J connectivity index is 1.92. The lowest BCUT2D eigenvalue weighted by Crippen LogP contribution is -2.31. The fourth-order valence-electron chi connectivity index (χ4n) is 2.47. The Kier molecular flexibility index (Phi) is 6.13. The van der Waals surface area contributed by atoms with E-state index in [-0.39, 0.29) is 18.2 Å². The van der Waals surface area contributed by atoms with Crippen LogP contribution in [-0.2, 0) is 16.1 Å². The van der Waals surface area contributed by atoms with Crippen LogP contribution in [0.5, 0.6) is 0 Å². The number of nitrogens with zero attached hydrogens (tertiary/aromatic N) is 1. The van der Waals surface area contributed by atoms with Gasteiger partial charge in [0.25, 0.3) is 0 Å². The van der Waals surface area contributed by atoms with Crippen LogP contribution in [0.3, 0.4) is 0 Å². The summed E-state index contributed by atoms with van der Waals surface area (Å²) >= 11 is 0. The number of rotatable bonds is 6. The zero-order valence-electron chi connectivity index (χ0n) is 14.5. The van der Waals surface area contributed by atoms with Gasteiger partial charge in [0.1, 0.15) is 0 Å². The highest BCUT2D eigenvalue weighted by atomic mass is 16.2. The lowest BCUT2D eigenvalue weighted by molar-refractivity contribution is -0.129. The number of hydrogen-bond acceptors (Lipinski definition) is 2. The fourth-order valence-corrected chi connectivity index (χ4v) is 2.47. The Morgan fingerprint density at radius 3 is 2.42 bits per heavy atom. The van der Waals surface area contributed by atoms with Crippen molar-refractivity contribution in [3.8, 4) is 0 Å². The number of hydrogen-bond donors (Lipinski definition) is 1. The molecule has 0 saturated heterocycles. The molecule has 2 amide bonds. The molecule has 0 radical (unpaired) electrons. The van der Waals surface area contributed by atoms with Crippen LogP contribution in [0.1, 0.15) is 30.0 Å². The number of amides is 2. The molecule has 0 fully saturated rings. The molecule has 0 saturated carbocycles. The van der Waals surface area contributed by atoms with E-state index in [1.807, 2.05) is 62.4 Å². The van der Waals surface area contributed by atoms with Gasteiger partial charge in [0.15, 0.2) is 0 Å². The van der Waals surface area contributed by atoms with Crippen LogP contribution in [0, 0.1) is 13.8 Å². The van der Waals surface area contributed by atoms with E-state index in [9.17, 15) is 9.59 Å². The minimum Gasteiger partial charge on any atom is -0.338 e. The summed E-state index contributed by atoms with van der Waals surface area (Å²) in [7, 11) is 0. The first-order valence-corrected chi connectivity index (χ1v) is 8.12. The molecule has 1 N–H and O–H groups in total. The molecule has 2 rings (SSSR count). The topological polar surface area (TPSA) is 49.4 Å². The van der Waals surface area contributed by atoms with Crippen molar-refractivity contribution in [2.24, 2.45) is 0 Å². The molecule has 0 bridgehead atoms. The molecule has 0 heterocycles. The molecule has 126 valence electrons. The second-order valence-electron chi connectivity index (χ2n) is 6.04. The van der Waals surface area contributed by atoms with Crippen molar-refractivity contribution >= 4 is 17.5 Å². The third-order valence-electron chi connectivity index (χ3n) is 3.94. The van der Waals surface area contributed by atoms with E-state index >= 15 is 0 Å². The SMILES string of the molecule is CC(=O)N(CCC(=O)Nc1cc(C)ccc1C)Cc1ccccc1. The van der Waals surface area contributed by atoms with Crippen molar-refractivity contribution in [3.63, 3.8) is 0 Å². The van der Waals surface area contributed by atoms with Gasteiger partial charge >= 0.3 is 0 Å². The number of carbonyl (C=O) groups is 2. The highest BCUT2D eigenvalue weighted by Crippen LogP contribution is 2.16. The third-order valence-corrected chi connectivity index (χ3v) is 3.94. The summed E-state index contributed by atoms with van der Waals surface area (Å²) in [4.78, 5) is 25.7. The van der Waals surface area contributed by atoms with Gasteiger partial charge < -0.3 is 10.2 Å². The summed E-state index contributed by atoms with van der Waals surface area (Å²) in [6, 6.07) is 15.8. The summed E-state index contributed by atoms with van der Waals surface area (Å²) < 4.78 is 0. The van der Waals surface area contributed by atoms with Gasteiger partial charge in [-0.25, -0.2) is 0 Å². The predicted octanol–water partition coefficient (Wildman–Crippen LogP) is 3.68. The average molecular weight is 324 g/mol. The van der Waals surface area contributed by atoms with Crippen LogP contribution in [0.2, 0.25) is 0 Å². The van der Waals surface area contributed by atoms with Gasteiger partial charge in [0, 0.05) is 32.1 Å². The lowest BCUT2D eigenvalue weighted by Gasteiger charge is -2.21. The maximum Gasteiger partial charge on any atom is 0.226 e. The summed E-state index contributed by atoms with van der Waals surface area (Å²) in [6.45, 7) is 6.41. The van der Waals surface area contributed by atoms with Crippen LogP contribution in [0.25, 0.3) is 0 Å². The van der Waals surface area contributed by atoms with Crippen LogP contribution in [0.4, 0.5) is 5.69 Å². The zero-order valence-corrected chi connectivity index (χ0v) is 14.5. The number of nitrogens with one attached hydrogen (secondary N) is 1. The number of carbonyl (C=O) groups excluding carboxylic acids is 2. The normalized spacial score (nSPS) is 10.3. The van der Waals surface area contributed by atoms with E-state index in [0.29, 0.717) is 13.1 Å². The molecular formula is C20H24N2O2. The minimum atomic E-state index is -0.0805. The first-order valence-electron chi connectivity index (χ1n) is 8.12. The minimum absolute atomic E-state index is 0.0293. The molecule has 0 aromatic heterocycles. The van der Waals surface area contributed by atoms with Gasteiger partial charge in [-0.1, -0.05) is 42.5 Å². The number of anilines is 1. The molecule has 0 aliphatic heterocycles. The molecule has 24 heavy (non-hydrogen) atoms. The average Bonchev–Trinajstić information content (AvgIpc) is 2.55. The zero-order chi connectivity index (χ0) is 17.5. The lowest BCUT2D eigenvalue weighted by atomic mass is 10.1. The van der Waals surface area contributed by atoms with E-state index < -0.39 is 0 Å². The van der Waals surface area contributed by atoms with Crippen molar-refractivity contribution in [1.82, 2.24) is 4.90 Å². The van der Waals surface area contributed by atoms with Gasteiger partial charge in [-0.05, 0) is 36.6 Å². The summed E-state index contributed by atoms with van der Waals surface area (Å²) in [5.74, 6) is -0.110. The molecular weight excluding hydrogens is 300 g/mol. The molecule has 0 aliphatic rings. The van der Waals surface area contributed by atoms with Crippen LogP contribution in [-0.4, -0.2) is 23.3 Å². The predicted molar refractivity (Wildman–Crippen MR) is 96.7 cm³/mol. The highest BCUT2D eigenvalue weighted by molar-refractivity contribution is 5.92. The van der Waals surface area contributed by atoms with Crippen molar-refractivity contribution < 1.29 is 9.59 Å². The highest BCUT2D eigenvalue weighted by Gasteiger charge is 2.12. The fraction of sp³-hybridized carbons (Fsp3) is 0.300. The number of aryl methyl sites for hydroxylation is 2. The largest absolute Gasteiger partial charge is 0.338 e. The van der Waals surface area contributed by atoms with Crippen molar-refractivity contribution in [1.29, 1.82) is 0 Å². The summed E-state index contributed by atoms with van der Waals surface area (Å²) in [5, 5.41) is 2.93. The summed E-state index contributed by atoms with van der Waals surface area (Å²) in [5.41, 5.74) is 4.02. The molecule has 2 aromatic carbocycles. The Morgan fingerprint density at radius 2 is 1.75 bits per heavy atom. The Hall–Kier alpha value is -2.62. The van der Waals surface area contributed by atoms with E-state index in [0.717, 1.165) is 22.4 Å². The van der Waals surface area contributed by atoms with Gasteiger partial charge in [-0.15, -0.1) is 0 Å². The first-order chi connectivity index (χ1) is 11.5. The molecule has 0 atom stereocenters. The maximum atomic E-state index is 12.2. The second-order valence-corrected chi connectivity index (χ2v) is 6.04. The van der Waals surface area contributed by atoms with Crippen LogP contribution >= 0.6 is 0 Å². The standard InChI is InChI=1S/C20H24N2O2/c1-15-9-10-16(2)19(13-15)21-20(24)11-12-22(17(3)23)14-18-7-5-4-6-8-18/h4-10,13H,11-12,14H2,1-3H3,(H,21,24). The number of benzene rings is 2. The van der Waals surface area contributed by atoms with E-state index in [2.05, 4.69) is 5.32 Å². The third kappa shape index (κ3) is 5.23. The van der Waals surface area contributed by atoms with Crippen molar-refractivity contribution in [2.75, 3.05) is 11.9 Å². The molecule has 0 unspecified atom stereocenters. The van der Waals surface area contributed by atoms with E-state index in [4.69, 9.17) is 0 Å². The van der Waals surface area contributed by atoms with Crippen LogP contribution in [0.15, 0.2) is 48.5 Å². The first kappa shape index (κ1) is 17.7. The van der Waals surface area contributed by atoms with Gasteiger partial charge in [-0.2, -0.15) is 0 Å². The molecule has 4 heteroatoms. The van der Waals surface area contributed by atoms with Gasteiger partial charge in [0.05, 0.1) is 0 Å². The quantitative estimate of drug-likeness (QED) is 0.881. The Bertz CT molecular complexity index is 711. The summed E-state index contributed by atoms with van der Waals surface area (Å²) in [6.07, 6.45) is 0.278. The molecule has 4 nitrogen and oxygen atoms in total. The second kappa shape index (κ2) is 8.29. The monoisotopic (exact) mass is 324 g/mol. The molecule has 2 aromatic rings.